The number of halogens is 3. The number of benzene rings is 1. The van der Waals surface area contributed by atoms with Crippen LogP contribution in [0.15, 0.2) is 28.9 Å². The number of hydrogen-bond donors (Lipinski definition) is 0. The summed E-state index contributed by atoms with van der Waals surface area (Å²) in [6.45, 7) is 0.246. The zero-order valence-corrected chi connectivity index (χ0v) is 14.0. The fourth-order valence-electron chi connectivity index (χ4n) is 1.83. The predicted molar refractivity (Wildman–Crippen MR) is 83.6 cm³/mol. The highest BCUT2D eigenvalue weighted by Gasteiger charge is 2.18. The molecule has 114 valence electrons. The molecule has 3 rings (SSSR count). The molecule has 1 aromatic carbocycles. The molecule has 0 atom stereocenters. The Hall–Kier alpha value is -1.50. The molecule has 0 saturated heterocycles. The number of aromatic nitrogens is 1. The number of carbonyl (C=O) groups excluding carboxylic acids is 1. The maximum Gasteiger partial charge on any atom is 0.340 e. The number of carbonyl (C=O) groups is 1. The quantitative estimate of drug-likeness (QED) is 0.565. The molecular formula is C14H8BrCl2NO4. The minimum Gasteiger partial charge on any atom is -0.457 e. The van der Waals surface area contributed by atoms with Crippen molar-refractivity contribution in [3.8, 4) is 11.5 Å². The SMILES string of the molecule is O=C(OCc1cc2c(cc1Br)OCO2)c1cnc(Cl)c(Cl)c1. The van der Waals surface area contributed by atoms with E-state index in [1.165, 1.54) is 12.3 Å². The molecule has 0 radical (unpaired) electrons. The first-order valence-electron chi connectivity index (χ1n) is 6.11. The van der Waals surface area contributed by atoms with Crippen molar-refractivity contribution in [2.75, 3.05) is 6.79 Å². The second-order valence-electron chi connectivity index (χ2n) is 4.37. The highest BCUT2D eigenvalue weighted by atomic mass is 79.9. The maximum atomic E-state index is 12.0. The van der Waals surface area contributed by atoms with Crippen molar-refractivity contribution in [2.24, 2.45) is 0 Å². The van der Waals surface area contributed by atoms with E-state index in [2.05, 4.69) is 20.9 Å². The summed E-state index contributed by atoms with van der Waals surface area (Å²) < 4.78 is 16.6. The minimum atomic E-state index is -0.546. The Labute approximate surface area is 144 Å². The Balaban J connectivity index is 1.72. The van der Waals surface area contributed by atoms with E-state index in [0.717, 1.165) is 10.0 Å². The van der Waals surface area contributed by atoms with Crippen LogP contribution in [0.3, 0.4) is 0 Å². The van der Waals surface area contributed by atoms with Gasteiger partial charge in [-0.05, 0) is 18.2 Å². The van der Waals surface area contributed by atoms with Crippen molar-refractivity contribution in [1.82, 2.24) is 4.98 Å². The number of esters is 1. The molecule has 5 nitrogen and oxygen atoms in total. The smallest absolute Gasteiger partial charge is 0.340 e. The van der Waals surface area contributed by atoms with E-state index < -0.39 is 5.97 Å². The zero-order valence-electron chi connectivity index (χ0n) is 10.9. The van der Waals surface area contributed by atoms with E-state index in [9.17, 15) is 4.79 Å². The number of fused-ring (bicyclic) bond motifs is 1. The second-order valence-corrected chi connectivity index (χ2v) is 5.99. The number of rotatable bonds is 3. The van der Waals surface area contributed by atoms with Crippen molar-refractivity contribution in [3.63, 3.8) is 0 Å². The summed E-state index contributed by atoms with van der Waals surface area (Å²) >= 11 is 14.9. The topological polar surface area (TPSA) is 57.7 Å². The van der Waals surface area contributed by atoms with Crippen LogP contribution in [0.25, 0.3) is 0 Å². The van der Waals surface area contributed by atoms with Crippen LogP contribution in [0.4, 0.5) is 0 Å². The maximum absolute atomic E-state index is 12.0. The lowest BCUT2D eigenvalue weighted by atomic mass is 10.2. The molecule has 0 spiro atoms. The van der Waals surface area contributed by atoms with Gasteiger partial charge < -0.3 is 14.2 Å². The molecule has 8 heteroatoms. The van der Waals surface area contributed by atoms with Gasteiger partial charge in [-0.3, -0.25) is 0 Å². The molecule has 0 fully saturated rings. The van der Waals surface area contributed by atoms with Gasteiger partial charge in [0.1, 0.15) is 11.8 Å². The molecule has 1 aromatic heterocycles. The third-order valence-corrected chi connectivity index (χ3v) is 4.36. The minimum absolute atomic E-state index is 0.0658. The number of nitrogens with zero attached hydrogens (tertiary/aromatic N) is 1. The number of pyridine rings is 1. The van der Waals surface area contributed by atoms with Crippen LogP contribution in [0, 0.1) is 0 Å². The molecule has 0 aliphatic carbocycles. The Kier molecular flexibility index (Phi) is 4.42. The number of ether oxygens (including phenoxy) is 3. The van der Waals surface area contributed by atoms with Gasteiger partial charge in [0.25, 0.3) is 0 Å². The van der Waals surface area contributed by atoms with Gasteiger partial charge in [-0.2, -0.15) is 0 Å². The van der Waals surface area contributed by atoms with Crippen molar-refractivity contribution in [3.05, 3.63) is 50.2 Å². The summed E-state index contributed by atoms with van der Waals surface area (Å²) in [6.07, 6.45) is 1.31. The van der Waals surface area contributed by atoms with E-state index in [1.807, 2.05) is 0 Å². The van der Waals surface area contributed by atoms with Gasteiger partial charge in [-0.25, -0.2) is 9.78 Å². The average Bonchev–Trinajstić information content (AvgIpc) is 2.94. The van der Waals surface area contributed by atoms with Gasteiger partial charge in [0.05, 0.1) is 10.6 Å². The van der Waals surface area contributed by atoms with Crippen LogP contribution >= 0.6 is 39.1 Å². The van der Waals surface area contributed by atoms with Crippen LogP contribution in [0.2, 0.25) is 10.2 Å². The monoisotopic (exact) mass is 403 g/mol. The standard InChI is InChI=1S/C14H8BrCl2NO4/c15-9-3-12-11(21-6-22-12)2-8(9)5-20-14(19)7-1-10(16)13(17)18-4-7/h1-4H,5-6H2. The summed E-state index contributed by atoms with van der Waals surface area (Å²) in [5.41, 5.74) is 0.983. The summed E-state index contributed by atoms with van der Waals surface area (Å²) in [5.74, 6) is 0.719. The Morgan fingerprint density at radius 1 is 1.27 bits per heavy atom. The first-order chi connectivity index (χ1) is 10.5. The van der Waals surface area contributed by atoms with Crippen LogP contribution in [-0.2, 0) is 11.3 Å². The van der Waals surface area contributed by atoms with Crippen molar-refractivity contribution < 1.29 is 19.0 Å². The van der Waals surface area contributed by atoms with Crippen molar-refractivity contribution >= 4 is 45.1 Å². The Morgan fingerprint density at radius 2 is 2.00 bits per heavy atom. The molecule has 0 N–H and O–H groups in total. The first kappa shape index (κ1) is 15.4. The predicted octanol–water partition coefficient (Wildman–Crippen LogP) is 4.24. The molecule has 0 unspecified atom stereocenters. The van der Waals surface area contributed by atoms with E-state index in [1.54, 1.807) is 12.1 Å². The Bertz CT molecular complexity index is 754. The van der Waals surface area contributed by atoms with Gasteiger partial charge in [0.15, 0.2) is 11.5 Å². The Morgan fingerprint density at radius 3 is 2.73 bits per heavy atom. The van der Waals surface area contributed by atoms with Gasteiger partial charge in [0.2, 0.25) is 6.79 Å². The average molecular weight is 405 g/mol. The molecule has 1 aliphatic heterocycles. The van der Waals surface area contributed by atoms with Crippen LogP contribution in [-0.4, -0.2) is 17.7 Å². The zero-order chi connectivity index (χ0) is 15.7. The third kappa shape index (κ3) is 3.14. The molecule has 22 heavy (non-hydrogen) atoms. The lowest BCUT2D eigenvalue weighted by Gasteiger charge is -2.08. The summed E-state index contributed by atoms with van der Waals surface area (Å²) in [7, 11) is 0. The highest BCUT2D eigenvalue weighted by Crippen LogP contribution is 2.37. The third-order valence-electron chi connectivity index (χ3n) is 2.93. The molecule has 2 heterocycles. The van der Waals surface area contributed by atoms with Crippen LogP contribution in [0.5, 0.6) is 11.5 Å². The lowest BCUT2D eigenvalue weighted by molar-refractivity contribution is 0.0471. The van der Waals surface area contributed by atoms with E-state index >= 15 is 0 Å². The molecule has 1 aliphatic rings. The second kappa shape index (κ2) is 6.32. The number of hydrogen-bond acceptors (Lipinski definition) is 5. The van der Waals surface area contributed by atoms with Gasteiger partial charge in [-0.15, -0.1) is 0 Å². The van der Waals surface area contributed by atoms with Gasteiger partial charge in [-0.1, -0.05) is 39.1 Å². The molecule has 0 amide bonds. The summed E-state index contributed by atoms with van der Waals surface area (Å²) in [5, 5.41) is 0.331. The lowest BCUT2D eigenvalue weighted by Crippen LogP contribution is -2.06. The highest BCUT2D eigenvalue weighted by molar-refractivity contribution is 9.10. The van der Waals surface area contributed by atoms with Crippen LogP contribution in [0.1, 0.15) is 15.9 Å². The van der Waals surface area contributed by atoms with Crippen molar-refractivity contribution in [2.45, 2.75) is 6.61 Å². The summed E-state index contributed by atoms with van der Waals surface area (Å²) in [6, 6.07) is 4.94. The normalized spacial score (nSPS) is 12.3. The van der Waals surface area contributed by atoms with E-state index in [0.29, 0.717) is 11.5 Å². The van der Waals surface area contributed by atoms with Gasteiger partial charge >= 0.3 is 5.97 Å². The van der Waals surface area contributed by atoms with E-state index in [-0.39, 0.29) is 29.1 Å². The molecule has 0 saturated carbocycles. The first-order valence-corrected chi connectivity index (χ1v) is 7.65. The largest absolute Gasteiger partial charge is 0.457 e. The summed E-state index contributed by atoms with van der Waals surface area (Å²) in [4.78, 5) is 15.8. The van der Waals surface area contributed by atoms with Crippen molar-refractivity contribution in [1.29, 1.82) is 0 Å². The fourth-order valence-corrected chi connectivity index (χ4v) is 2.54. The molecular weight excluding hydrogens is 397 g/mol. The fraction of sp³-hybridized carbons (Fsp3) is 0.143. The molecule has 2 aromatic rings. The van der Waals surface area contributed by atoms with Crippen LogP contribution < -0.4 is 9.47 Å². The molecule has 0 bridgehead atoms. The van der Waals surface area contributed by atoms with E-state index in [4.69, 9.17) is 37.4 Å². The van der Waals surface area contributed by atoms with Gasteiger partial charge in [0, 0.05) is 16.2 Å².